The van der Waals surface area contributed by atoms with Crippen LogP contribution in [0.15, 0.2) is 93.7 Å². The Kier molecular flexibility index (Phi) is 8.75. The second-order valence-electron chi connectivity index (χ2n) is 8.08. The van der Waals surface area contributed by atoms with Crippen molar-refractivity contribution in [2.75, 3.05) is 12.9 Å². The summed E-state index contributed by atoms with van der Waals surface area (Å²) < 4.78 is 11.2. The number of ether oxygens (including phenoxy) is 2. The highest BCUT2D eigenvalue weighted by Gasteiger charge is 2.38. The lowest BCUT2D eigenvalue weighted by atomic mass is 9.84. The number of nitrogens with zero attached hydrogens (tertiary/aromatic N) is 3. The second kappa shape index (κ2) is 12.4. The van der Waals surface area contributed by atoms with Crippen molar-refractivity contribution in [1.29, 1.82) is 10.5 Å². The molecule has 0 amide bonds. The average molecular weight is 541 g/mol. The molecule has 3 aromatic rings. The van der Waals surface area contributed by atoms with Gasteiger partial charge in [0, 0.05) is 16.2 Å². The quantitative estimate of drug-likeness (QED) is 0.276. The zero-order valence-electron chi connectivity index (χ0n) is 20.8. The number of nitrogens with two attached hydrogens (primary N) is 1. The fourth-order valence-corrected chi connectivity index (χ4v) is 5.40. The SMILES string of the molecule is CCOC(=O)C1=C(SCc2nc(-c3ccccc3)ccc2C#N)OC(N)=C(C#N)C1c1ccc(SC)cc1. The Labute approximate surface area is 230 Å². The highest BCUT2D eigenvalue weighted by molar-refractivity contribution is 8.02. The summed E-state index contributed by atoms with van der Waals surface area (Å²) in [5.74, 6) is -1.20. The van der Waals surface area contributed by atoms with Gasteiger partial charge in [-0.05, 0) is 43.0 Å². The van der Waals surface area contributed by atoms with E-state index < -0.39 is 11.9 Å². The predicted octanol–water partition coefficient (Wildman–Crippen LogP) is 5.86. The second-order valence-corrected chi connectivity index (χ2v) is 9.90. The number of allylic oxidation sites excluding steroid dienone is 1. The summed E-state index contributed by atoms with van der Waals surface area (Å²) in [7, 11) is 0. The molecule has 38 heavy (non-hydrogen) atoms. The molecular formula is C29H24N4O3S2. The summed E-state index contributed by atoms with van der Waals surface area (Å²) >= 11 is 2.77. The maximum Gasteiger partial charge on any atom is 0.339 e. The van der Waals surface area contributed by atoms with Gasteiger partial charge in [0.2, 0.25) is 5.88 Å². The molecule has 190 valence electrons. The monoisotopic (exact) mass is 540 g/mol. The minimum Gasteiger partial charge on any atom is -0.462 e. The summed E-state index contributed by atoms with van der Waals surface area (Å²) in [6.45, 7) is 1.86. The van der Waals surface area contributed by atoms with Crippen LogP contribution in [-0.2, 0) is 20.0 Å². The number of benzene rings is 2. The summed E-state index contributed by atoms with van der Waals surface area (Å²) in [6.07, 6.45) is 1.97. The topological polar surface area (TPSA) is 122 Å². The van der Waals surface area contributed by atoms with Crippen LogP contribution in [0.1, 0.15) is 29.7 Å². The maximum absolute atomic E-state index is 13.2. The van der Waals surface area contributed by atoms with Gasteiger partial charge >= 0.3 is 5.97 Å². The third-order valence-electron chi connectivity index (χ3n) is 5.83. The van der Waals surface area contributed by atoms with Gasteiger partial charge in [-0.3, -0.25) is 4.98 Å². The van der Waals surface area contributed by atoms with Crippen LogP contribution in [-0.4, -0.2) is 23.8 Å². The molecule has 1 aliphatic heterocycles. The van der Waals surface area contributed by atoms with Crippen LogP contribution in [0.4, 0.5) is 0 Å². The molecule has 1 aromatic heterocycles. The van der Waals surface area contributed by atoms with Gasteiger partial charge in [0.1, 0.15) is 17.7 Å². The number of carbonyl (C=O) groups excluding carboxylic acids is 1. The Morgan fingerprint density at radius 1 is 1.08 bits per heavy atom. The van der Waals surface area contributed by atoms with Gasteiger partial charge in [-0.2, -0.15) is 10.5 Å². The Balaban J connectivity index is 1.76. The normalized spacial score (nSPS) is 14.9. The molecule has 0 saturated carbocycles. The van der Waals surface area contributed by atoms with Gasteiger partial charge in [0.05, 0.1) is 35.0 Å². The molecular weight excluding hydrogens is 516 g/mol. The van der Waals surface area contributed by atoms with Crippen molar-refractivity contribution in [2.45, 2.75) is 23.5 Å². The van der Waals surface area contributed by atoms with Crippen LogP contribution in [0.25, 0.3) is 11.3 Å². The molecule has 0 spiro atoms. The lowest BCUT2D eigenvalue weighted by Gasteiger charge is -2.27. The van der Waals surface area contributed by atoms with E-state index in [0.29, 0.717) is 16.8 Å². The molecule has 9 heteroatoms. The van der Waals surface area contributed by atoms with Gasteiger partial charge in [0.15, 0.2) is 5.09 Å². The van der Waals surface area contributed by atoms with Crippen molar-refractivity contribution in [3.05, 3.63) is 106 Å². The Bertz CT molecular complexity index is 1490. The number of thioether (sulfide) groups is 2. The molecule has 0 aliphatic carbocycles. The summed E-state index contributed by atoms with van der Waals surface area (Å²) in [6, 6.07) is 25.1. The molecule has 2 heterocycles. The van der Waals surface area contributed by atoms with Crippen molar-refractivity contribution >= 4 is 29.5 Å². The number of hydrogen-bond donors (Lipinski definition) is 1. The summed E-state index contributed by atoms with van der Waals surface area (Å²) in [5.41, 5.74) is 9.82. The molecule has 7 nitrogen and oxygen atoms in total. The van der Waals surface area contributed by atoms with E-state index in [2.05, 4.69) is 12.1 Å². The first kappa shape index (κ1) is 26.9. The standard InChI is InChI=1S/C29H24N4O3S2/c1-3-35-28(34)26-25(19-9-12-21(37-2)13-10-19)22(16-31)27(32)36-29(26)38-17-24-20(15-30)11-14-23(33-24)18-7-5-4-6-8-18/h4-14,25H,3,17,32H2,1-2H3. The van der Waals surface area contributed by atoms with Gasteiger partial charge in [-0.25, -0.2) is 4.79 Å². The molecule has 1 unspecified atom stereocenters. The van der Waals surface area contributed by atoms with Crippen LogP contribution in [0, 0.1) is 22.7 Å². The lowest BCUT2D eigenvalue weighted by molar-refractivity contribution is -0.139. The molecule has 2 N–H and O–H groups in total. The fourth-order valence-electron chi connectivity index (χ4n) is 4.00. The smallest absolute Gasteiger partial charge is 0.339 e. The largest absolute Gasteiger partial charge is 0.462 e. The van der Waals surface area contributed by atoms with E-state index in [-0.39, 0.29) is 34.5 Å². The zero-order valence-corrected chi connectivity index (χ0v) is 22.4. The van der Waals surface area contributed by atoms with E-state index in [4.69, 9.17) is 20.2 Å². The van der Waals surface area contributed by atoms with E-state index in [1.54, 1.807) is 30.8 Å². The van der Waals surface area contributed by atoms with Crippen molar-refractivity contribution < 1.29 is 14.3 Å². The Morgan fingerprint density at radius 2 is 1.82 bits per heavy atom. The maximum atomic E-state index is 13.2. The van der Waals surface area contributed by atoms with Crippen LogP contribution in [0.5, 0.6) is 0 Å². The van der Waals surface area contributed by atoms with E-state index in [1.807, 2.05) is 60.9 Å². The van der Waals surface area contributed by atoms with Crippen LogP contribution in [0.2, 0.25) is 0 Å². The summed E-state index contributed by atoms with van der Waals surface area (Å²) in [5, 5.41) is 19.8. The third kappa shape index (κ3) is 5.70. The molecule has 0 radical (unpaired) electrons. The zero-order chi connectivity index (χ0) is 27.1. The highest BCUT2D eigenvalue weighted by atomic mass is 32.2. The van der Waals surface area contributed by atoms with Gasteiger partial charge in [-0.1, -0.05) is 54.2 Å². The van der Waals surface area contributed by atoms with E-state index in [0.717, 1.165) is 16.2 Å². The Morgan fingerprint density at radius 3 is 2.45 bits per heavy atom. The summed E-state index contributed by atoms with van der Waals surface area (Å²) in [4.78, 5) is 19.0. The number of aromatic nitrogens is 1. The predicted molar refractivity (Wildman–Crippen MR) is 148 cm³/mol. The first-order valence-electron chi connectivity index (χ1n) is 11.7. The number of carbonyl (C=O) groups is 1. The highest BCUT2D eigenvalue weighted by Crippen LogP contribution is 2.44. The van der Waals surface area contributed by atoms with Gasteiger partial charge in [-0.15, -0.1) is 11.8 Å². The van der Waals surface area contributed by atoms with E-state index in [9.17, 15) is 15.3 Å². The van der Waals surface area contributed by atoms with Crippen molar-refractivity contribution in [1.82, 2.24) is 4.98 Å². The van der Waals surface area contributed by atoms with E-state index >= 15 is 0 Å². The first-order chi connectivity index (χ1) is 18.5. The number of esters is 1. The number of hydrogen-bond acceptors (Lipinski definition) is 9. The number of nitriles is 2. The van der Waals surface area contributed by atoms with Gasteiger partial charge in [0.25, 0.3) is 0 Å². The minimum atomic E-state index is -0.759. The molecule has 1 aliphatic rings. The average Bonchev–Trinajstić information content (AvgIpc) is 2.96. The number of rotatable bonds is 8. The van der Waals surface area contributed by atoms with E-state index in [1.165, 1.54) is 11.8 Å². The van der Waals surface area contributed by atoms with Gasteiger partial charge < -0.3 is 15.2 Å². The molecule has 0 fully saturated rings. The van der Waals surface area contributed by atoms with Crippen molar-refractivity contribution in [3.8, 4) is 23.4 Å². The van der Waals surface area contributed by atoms with Crippen molar-refractivity contribution in [2.24, 2.45) is 5.73 Å². The fraction of sp³-hybridized carbons (Fsp3) is 0.172. The Hall–Kier alpha value is -4.18. The molecule has 1 atom stereocenters. The van der Waals surface area contributed by atoms with Crippen LogP contribution < -0.4 is 5.73 Å². The van der Waals surface area contributed by atoms with Crippen LogP contribution in [0.3, 0.4) is 0 Å². The van der Waals surface area contributed by atoms with Crippen LogP contribution >= 0.6 is 23.5 Å². The molecule has 2 aromatic carbocycles. The minimum absolute atomic E-state index is 0.0755. The molecule has 4 rings (SSSR count). The molecule has 0 saturated heterocycles. The first-order valence-corrected chi connectivity index (χ1v) is 13.9. The molecule has 0 bridgehead atoms. The lowest BCUT2D eigenvalue weighted by Crippen LogP contribution is -2.25. The number of pyridine rings is 1. The van der Waals surface area contributed by atoms with Crippen molar-refractivity contribution in [3.63, 3.8) is 0 Å². The third-order valence-corrected chi connectivity index (χ3v) is 7.56.